The third-order valence-corrected chi connectivity index (χ3v) is 4.96. The third kappa shape index (κ3) is 1.55. The summed E-state index contributed by atoms with van der Waals surface area (Å²) < 4.78 is 5.02. The second-order valence-electron chi connectivity index (χ2n) is 5.84. The Labute approximate surface area is 123 Å². The van der Waals surface area contributed by atoms with E-state index in [2.05, 4.69) is 24.3 Å². The minimum absolute atomic E-state index is 0.00449. The van der Waals surface area contributed by atoms with Gasteiger partial charge in [0.15, 0.2) is 0 Å². The van der Waals surface area contributed by atoms with E-state index < -0.39 is 0 Å². The van der Waals surface area contributed by atoms with Gasteiger partial charge < -0.3 is 10.5 Å². The van der Waals surface area contributed by atoms with Gasteiger partial charge in [0.1, 0.15) is 0 Å². The number of rotatable bonds is 1. The maximum atomic E-state index is 12.3. The van der Waals surface area contributed by atoms with Gasteiger partial charge in [-0.25, -0.2) is 0 Å². The highest BCUT2D eigenvalue weighted by molar-refractivity contribution is 5.79. The first-order valence-corrected chi connectivity index (χ1v) is 7.25. The number of esters is 1. The van der Waals surface area contributed by atoms with Crippen LogP contribution in [0.15, 0.2) is 48.5 Å². The van der Waals surface area contributed by atoms with Crippen LogP contribution in [0.5, 0.6) is 0 Å². The van der Waals surface area contributed by atoms with Crippen molar-refractivity contribution in [2.24, 2.45) is 11.7 Å². The van der Waals surface area contributed by atoms with Crippen molar-refractivity contribution in [3.8, 4) is 0 Å². The normalized spacial score (nSPS) is 28.7. The smallest absolute Gasteiger partial charge is 0.311 e. The summed E-state index contributed by atoms with van der Waals surface area (Å²) in [6.07, 6.45) is 0. The molecule has 2 atom stereocenters. The van der Waals surface area contributed by atoms with Crippen molar-refractivity contribution in [1.82, 2.24) is 0 Å². The summed E-state index contributed by atoms with van der Waals surface area (Å²) in [6.45, 7) is 0. The lowest BCUT2D eigenvalue weighted by molar-refractivity contribution is -0.147. The zero-order valence-electron chi connectivity index (χ0n) is 11.8. The predicted molar refractivity (Wildman–Crippen MR) is 80.1 cm³/mol. The Morgan fingerprint density at radius 3 is 1.76 bits per heavy atom. The lowest BCUT2D eigenvalue weighted by Crippen LogP contribution is -2.51. The molecule has 0 saturated heterocycles. The highest BCUT2D eigenvalue weighted by Gasteiger charge is 2.51. The Balaban J connectivity index is 2.00. The third-order valence-electron chi connectivity index (χ3n) is 4.96. The van der Waals surface area contributed by atoms with Crippen LogP contribution in [-0.2, 0) is 9.53 Å². The minimum Gasteiger partial charge on any atom is -0.469 e. The summed E-state index contributed by atoms with van der Waals surface area (Å²) in [5.74, 6) is -0.428. The lowest BCUT2D eigenvalue weighted by Gasteiger charge is -2.48. The van der Waals surface area contributed by atoms with Crippen molar-refractivity contribution >= 4 is 5.97 Å². The van der Waals surface area contributed by atoms with Gasteiger partial charge in [-0.3, -0.25) is 4.79 Å². The van der Waals surface area contributed by atoms with Crippen LogP contribution in [-0.4, -0.2) is 19.1 Å². The largest absolute Gasteiger partial charge is 0.469 e. The van der Waals surface area contributed by atoms with Crippen LogP contribution in [0.1, 0.15) is 34.1 Å². The predicted octanol–water partition coefficient (Wildman–Crippen LogP) is 2.39. The summed E-state index contributed by atoms with van der Waals surface area (Å²) in [5.41, 5.74) is 11.4. The molecule has 106 valence electrons. The summed E-state index contributed by atoms with van der Waals surface area (Å²) >= 11 is 0. The lowest BCUT2D eigenvalue weighted by atomic mass is 9.57. The fraction of sp³-hybridized carbons (Fsp3) is 0.278. The molecule has 0 aromatic heterocycles. The van der Waals surface area contributed by atoms with Gasteiger partial charge in [0.2, 0.25) is 0 Å². The summed E-state index contributed by atoms with van der Waals surface area (Å²) in [7, 11) is 1.44. The molecule has 3 aliphatic rings. The molecule has 0 saturated carbocycles. The number of methoxy groups -OCH3 is 1. The summed E-state index contributed by atoms with van der Waals surface area (Å²) in [5, 5.41) is 0. The molecule has 0 radical (unpaired) electrons. The molecule has 3 aliphatic carbocycles. The molecule has 2 N–H and O–H groups in total. The Kier molecular flexibility index (Phi) is 2.66. The van der Waals surface area contributed by atoms with E-state index in [1.807, 2.05) is 24.3 Å². The second kappa shape index (κ2) is 4.43. The first-order valence-electron chi connectivity index (χ1n) is 7.25. The van der Waals surface area contributed by atoms with Crippen LogP contribution in [0, 0.1) is 5.92 Å². The zero-order valence-corrected chi connectivity index (χ0v) is 11.8. The maximum absolute atomic E-state index is 12.3. The van der Waals surface area contributed by atoms with E-state index in [0.29, 0.717) is 0 Å². The van der Waals surface area contributed by atoms with Gasteiger partial charge in [0, 0.05) is 17.9 Å². The highest BCUT2D eigenvalue weighted by atomic mass is 16.5. The first-order chi connectivity index (χ1) is 10.2. The van der Waals surface area contributed by atoms with Crippen molar-refractivity contribution in [2.45, 2.75) is 17.9 Å². The van der Waals surface area contributed by atoms with E-state index >= 15 is 0 Å². The highest BCUT2D eigenvalue weighted by Crippen LogP contribution is 2.54. The summed E-state index contributed by atoms with van der Waals surface area (Å²) in [6, 6.07) is 16.4. The van der Waals surface area contributed by atoms with Crippen molar-refractivity contribution in [2.75, 3.05) is 7.11 Å². The maximum Gasteiger partial charge on any atom is 0.311 e. The number of carbonyl (C=O) groups excluding carboxylic acids is 1. The van der Waals surface area contributed by atoms with Crippen LogP contribution in [0.2, 0.25) is 0 Å². The van der Waals surface area contributed by atoms with Crippen LogP contribution < -0.4 is 5.73 Å². The standard InChI is InChI=1S/C18H17NO2/c1-21-18(20)16-14-10-6-2-4-8-12(10)15(17(16)19)13-9-5-3-7-11(13)14/h2-9,14-17H,19H2,1H3/t14-,15-,16-,17-/m0/s1. The second-order valence-corrected chi connectivity index (χ2v) is 5.84. The van der Waals surface area contributed by atoms with Crippen LogP contribution in [0.3, 0.4) is 0 Å². The SMILES string of the molecule is COC(=O)[C@H]1[C@H]2c3ccccc3[C@@H](c3ccccc32)[C@@H]1N. The van der Waals surface area contributed by atoms with Crippen LogP contribution in [0.25, 0.3) is 0 Å². The zero-order chi connectivity index (χ0) is 14.6. The number of benzene rings is 2. The van der Waals surface area contributed by atoms with Gasteiger partial charge >= 0.3 is 5.97 Å². The average molecular weight is 279 g/mol. The molecule has 3 heteroatoms. The number of carbonyl (C=O) groups is 1. The molecule has 2 aromatic carbocycles. The average Bonchev–Trinajstić information content (AvgIpc) is 2.54. The molecule has 0 spiro atoms. The Morgan fingerprint density at radius 2 is 1.33 bits per heavy atom. The molecule has 21 heavy (non-hydrogen) atoms. The molecule has 2 aromatic rings. The fourth-order valence-corrected chi connectivity index (χ4v) is 4.15. The molecule has 3 nitrogen and oxygen atoms in total. The van der Waals surface area contributed by atoms with E-state index in [0.717, 1.165) is 0 Å². The summed E-state index contributed by atoms with van der Waals surface area (Å²) in [4.78, 5) is 12.3. The van der Waals surface area contributed by atoms with Gasteiger partial charge in [-0.05, 0) is 22.3 Å². The molecule has 0 unspecified atom stereocenters. The number of hydrogen-bond acceptors (Lipinski definition) is 3. The number of fused-ring (bicyclic) bond motifs is 1. The van der Waals surface area contributed by atoms with Gasteiger partial charge in [0.25, 0.3) is 0 Å². The fourth-order valence-electron chi connectivity index (χ4n) is 4.15. The van der Waals surface area contributed by atoms with Gasteiger partial charge in [-0.15, -0.1) is 0 Å². The molecular weight excluding hydrogens is 262 g/mol. The Hall–Kier alpha value is -2.13. The quantitative estimate of drug-likeness (QED) is 0.815. The van der Waals surface area contributed by atoms with Gasteiger partial charge in [0.05, 0.1) is 13.0 Å². The molecular formula is C18H17NO2. The van der Waals surface area contributed by atoms with E-state index in [-0.39, 0.29) is 29.8 Å². The number of nitrogens with two attached hydrogens (primary N) is 1. The molecule has 0 amide bonds. The molecule has 2 bridgehead atoms. The topological polar surface area (TPSA) is 52.3 Å². The van der Waals surface area contributed by atoms with Crippen LogP contribution in [0.4, 0.5) is 0 Å². The van der Waals surface area contributed by atoms with Crippen molar-refractivity contribution < 1.29 is 9.53 Å². The van der Waals surface area contributed by atoms with E-state index in [1.165, 1.54) is 29.4 Å². The minimum atomic E-state index is -0.301. The van der Waals surface area contributed by atoms with Crippen LogP contribution >= 0.6 is 0 Å². The molecule has 5 rings (SSSR count). The first kappa shape index (κ1) is 12.6. The van der Waals surface area contributed by atoms with Gasteiger partial charge in [-0.1, -0.05) is 48.5 Å². The van der Waals surface area contributed by atoms with Crippen molar-refractivity contribution in [3.63, 3.8) is 0 Å². The molecule has 0 heterocycles. The van der Waals surface area contributed by atoms with Crippen molar-refractivity contribution in [1.29, 1.82) is 0 Å². The molecule has 0 aliphatic heterocycles. The molecule has 0 fully saturated rings. The van der Waals surface area contributed by atoms with E-state index in [4.69, 9.17) is 10.5 Å². The number of ether oxygens (including phenoxy) is 1. The van der Waals surface area contributed by atoms with E-state index in [1.54, 1.807) is 0 Å². The Morgan fingerprint density at radius 1 is 0.905 bits per heavy atom. The van der Waals surface area contributed by atoms with Crippen molar-refractivity contribution in [3.05, 3.63) is 70.8 Å². The Bertz CT molecular complexity index is 677. The van der Waals surface area contributed by atoms with Gasteiger partial charge in [-0.2, -0.15) is 0 Å². The number of hydrogen-bond donors (Lipinski definition) is 1. The van der Waals surface area contributed by atoms with E-state index in [9.17, 15) is 4.79 Å². The monoisotopic (exact) mass is 279 g/mol.